The van der Waals surface area contributed by atoms with E-state index in [4.69, 9.17) is 30.9 Å². The maximum atomic E-state index is 8.57. The molecule has 0 aliphatic carbocycles. The molecule has 0 fully saturated rings. The summed E-state index contributed by atoms with van der Waals surface area (Å²) in [6, 6.07) is 0. The zero-order valence-electron chi connectivity index (χ0n) is 5.19. The van der Waals surface area contributed by atoms with Gasteiger partial charge in [0.25, 0.3) is 63.2 Å². The van der Waals surface area contributed by atoms with Crippen LogP contribution in [0.4, 0.5) is 0 Å². The molecule has 0 rings (SSSR count). The van der Waals surface area contributed by atoms with Gasteiger partial charge in [0, 0.05) is 0 Å². The molecule has 0 unspecified atom stereocenters. The fourth-order valence-corrected chi connectivity index (χ4v) is 0. The van der Waals surface area contributed by atoms with Crippen LogP contribution in [0, 0.1) is 49.4 Å². The van der Waals surface area contributed by atoms with E-state index in [0.29, 0.717) is 0 Å². The fraction of sp³-hybridized carbons (Fsp3) is 0. The molecule has 0 amide bonds. The molecule has 0 spiro atoms. The third-order valence-electron chi connectivity index (χ3n) is 0. The number of hydrogen-bond acceptors (Lipinski definition) is 9. The van der Waals surface area contributed by atoms with Crippen LogP contribution in [0.25, 0.3) is 0 Å². The summed E-state index contributed by atoms with van der Waals surface area (Å²) in [7, 11) is 0. The molecule has 0 aromatic carbocycles. The van der Waals surface area contributed by atoms with Gasteiger partial charge in [-0.05, 0) is 0 Å². The largest absolute Gasteiger partial charge is 2.00 e. The molecule has 0 saturated heterocycles. The van der Waals surface area contributed by atoms with Crippen molar-refractivity contribution < 1.29 is 143 Å². The maximum Gasteiger partial charge on any atom is 2.00 e. The van der Waals surface area contributed by atoms with Crippen molar-refractivity contribution in [1.29, 1.82) is 0 Å². The third kappa shape index (κ3) is 238. The van der Waals surface area contributed by atoms with Crippen molar-refractivity contribution in [1.82, 2.24) is 0 Å². The summed E-state index contributed by atoms with van der Waals surface area (Å²) in [5.74, 6) is 0. The Labute approximate surface area is 140 Å². The maximum absolute atomic E-state index is 8.57. The Hall–Kier alpha value is 3.41. The van der Waals surface area contributed by atoms with Gasteiger partial charge >= 0.3 is 49.4 Å². The Morgan fingerprint density at radius 2 is 0.385 bits per heavy atom. The van der Waals surface area contributed by atoms with E-state index in [2.05, 4.69) is 0 Å². The minimum atomic E-state index is -4.01. The molecule has 0 aromatic heterocycles. The van der Waals surface area contributed by atoms with E-state index in [0.717, 1.165) is 0 Å². The van der Waals surface area contributed by atoms with Crippen LogP contribution in [-0.4, -0.2) is 0 Å². The molecule has 0 bridgehead atoms. The Morgan fingerprint density at radius 3 is 0.385 bits per heavy atom. The standard InChI is InChI=1S/Eu.3IO3/c;3*2-1(3)4/q+2;3*-1. The second-order valence-corrected chi connectivity index (χ2v) is 3.80. The fourth-order valence-electron chi connectivity index (χ4n) is 0. The summed E-state index contributed by atoms with van der Waals surface area (Å²) in [4.78, 5) is 0. The topological polar surface area (TPSA) is 208 Å². The smallest absolute Gasteiger partial charge is 0.427 e. The Morgan fingerprint density at radius 1 is 0.385 bits per heavy atom. The molecule has 9 nitrogen and oxygen atoms in total. The Bertz CT molecular complexity index is 43.4. The summed E-state index contributed by atoms with van der Waals surface area (Å²) >= 11 is -12.0. The van der Waals surface area contributed by atoms with Crippen molar-refractivity contribution in [3.05, 3.63) is 0 Å². The predicted molar refractivity (Wildman–Crippen MR) is 0 cm³/mol. The molecule has 0 saturated carbocycles. The van der Waals surface area contributed by atoms with Gasteiger partial charge in [-0.3, -0.25) is 0 Å². The zero-order valence-corrected chi connectivity index (χ0v) is 14.1. The van der Waals surface area contributed by atoms with Gasteiger partial charge in [0.15, 0.2) is 0 Å². The normalized spacial score (nSPS) is 8.31. The monoisotopic (exact) mass is 678 g/mol. The first-order valence-electron chi connectivity index (χ1n) is 1.39. The Kier molecular flexibility index (Phi) is 40.5. The van der Waals surface area contributed by atoms with Crippen LogP contribution in [0.3, 0.4) is 0 Å². The third-order valence-corrected chi connectivity index (χ3v) is 0. The second kappa shape index (κ2) is 20.8. The molecule has 0 N–H and O–H groups in total. The first-order valence-corrected chi connectivity index (χ1v) is 9.32. The van der Waals surface area contributed by atoms with Crippen molar-refractivity contribution >= 4 is 0 Å². The summed E-state index contributed by atoms with van der Waals surface area (Å²) in [5, 5.41) is 0. The van der Waals surface area contributed by atoms with Crippen LogP contribution < -0.4 is 94.1 Å². The molecular formula is EuI3O9-. The molecule has 1 radical (unpaired) electrons. The first kappa shape index (κ1) is 25.3. The van der Waals surface area contributed by atoms with Crippen molar-refractivity contribution in [2.45, 2.75) is 0 Å². The average Bonchev–Trinajstić information content (AvgIpc) is 1.54. The van der Waals surface area contributed by atoms with Crippen LogP contribution >= 0.6 is 0 Å². The van der Waals surface area contributed by atoms with E-state index < -0.39 is 63.2 Å². The van der Waals surface area contributed by atoms with Crippen LogP contribution in [-0.2, 0) is 0 Å². The van der Waals surface area contributed by atoms with Crippen molar-refractivity contribution in [2.75, 3.05) is 0 Å². The second-order valence-electron chi connectivity index (χ2n) is 0.567. The van der Waals surface area contributed by atoms with Gasteiger partial charge in [-0.15, -0.1) is 0 Å². The van der Waals surface area contributed by atoms with Crippen LogP contribution in [0.5, 0.6) is 0 Å². The van der Waals surface area contributed by atoms with Crippen molar-refractivity contribution in [2.24, 2.45) is 0 Å². The minimum Gasteiger partial charge on any atom is -0.427 e. The quantitative estimate of drug-likeness (QED) is 0.223. The van der Waals surface area contributed by atoms with Crippen molar-refractivity contribution in [3.8, 4) is 0 Å². The molecule has 0 aromatic rings. The Balaban J connectivity index is -0.0000000450. The minimum absolute atomic E-state index is 0. The summed E-state index contributed by atoms with van der Waals surface area (Å²) in [6.45, 7) is 0. The van der Waals surface area contributed by atoms with Gasteiger partial charge in [-0.25, -0.2) is 0 Å². The van der Waals surface area contributed by atoms with Gasteiger partial charge in [0.1, 0.15) is 0 Å². The molecule has 83 valence electrons. The van der Waals surface area contributed by atoms with E-state index in [1.54, 1.807) is 0 Å². The van der Waals surface area contributed by atoms with E-state index in [1.807, 2.05) is 0 Å². The van der Waals surface area contributed by atoms with E-state index in [-0.39, 0.29) is 49.4 Å². The van der Waals surface area contributed by atoms with Gasteiger partial charge in [0.05, 0.1) is 0 Å². The first-order chi connectivity index (χ1) is 5.20. The van der Waals surface area contributed by atoms with E-state index >= 15 is 0 Å². The van der Waals surface area contributed by atoms with E-state index in [9.17, 15) is 0 Å². The molecule has 13 heteroatoms. The van der Waals surface area contributed by atoms with Crippen LogP contribution in [0.1, 0.15) is 0 Å². The molecule has 0 atom stereocenters. The molecule has 13 heavy (non-hydrogen) atoms. The van der Waals surface area contributed by atoms with Crippen molar-refractivity contribution in [3.63, 3.8) is 0 Å². The molecule has 0 aliphatic heterocycles. The summed E-state index contributed by atoms with van der Waals surface area (Å²) in [5.41, 5.74) is 0. The molecule has 0 heterocycles. The molecular weight excluding hydrogens is 677 g/mol. The van der Waals surface area contributed by atoms with Crippen LogP contribution in [0.2, 0.25) is 0 Å². The van der Waals surface area contributed by atoms with Gasteiger partial charge in [-0.2, -0.15) is 0 Å². The average molecular weight is 677 g/mol. The SMILES string of the molecule is [Eu+2].[O-][I+2]([O-])[O-].[O-][I+2]([O-])[O-].[O-][I+2]([O-])[O-]. The predicted octanol–water partition coefficient (Wildman–Crippen LogP) is -19.7. The number of rotatable bonds is 0. The van der Waals surface area contributed by atoms with Gasteiger partial charge in [0.2, 0.25) is 0 Å². The summed E-state index contributed by atoms with van der Waals surface area (Å²) in [6.07, 6.45) is 0. The summed E-state index contributed by atoms with van der Waals surface area (Å²) < 4.78 is 77.2. The molecule has 0 aliphatic rings. The van der Waals surface area contributed by atoms with Crippen LogP contribution in [0.15, 0.2) is 0 Å². The number of halogens is 3. The zero-order chi connectivity index (χ0) is 10.7. The van der Waals surface area contributed by atoms with Gasteiger partial charge in [-0.1, -0.05) is 0 Å². The number of hydrogen-bond donors (Lipinski definition) is 0. The van der Waals surface area contributed by atoms with E-state index in [1.165, 1.54) is 0 Å². The van der Waals surface area contributed by atoms with Gasteiger partial charge < -0.3 is 30.9 Å².